The van der Waals surface area contributed by atoms with Crippen LogP contribution in [0.1, 0.15) is 57.9 Å². The number of rotatable bonds is 12. The van der Waals surface area contributed by atoms with Gasteiger partial charge in [-0.15, -0.1) is 0 Å². The molecule has 1 N–H and O–H groups in total. The molecule has 0 spiro atoms. The lowest BCUT2D eigenvalue weighted by Gasteiger charge is -2.11. The second kappa shape index (κ2) is 12.9. The largest absolute Gasteiger partial charge is 0.505 e. The summed E-state index contributed by atoms with van der Waals surface area (Å²) in [4.78, 5) is 4.59. The van der Waals surface area contributed by atoms with Crippen LogP contribution in [0, 0.1) is 5.82 Å². The van der Waals surface area contributed by atoms with Crippen molar-refractivity contribution in [3.8, 4) is 28.1 Å². The molecule has 3 aromatic rings. The number of phenols is 1. The number of hydrogen-bond acceptors (Lipinski definition) is 3. The molecule has 0 fully saturated rings. The lowest BCUT2D eigenvalue weighted by atomic mass is 10.0. The highest BCUT2D eigenvalue weighted by atomic mass is 19.1. The Hall–Kier alpha value is -2.98. The molecule has 3 nitrogen and oxygen atoms in total. The molecule has 1 aromatic heterocycles. The molecule has 0 radical (unpaired) electrons. The summed E-state index contributed by atoms with van der Waals surface area (Å²) in [6.45, 7) is 5.25. The van der Waals surface area contributed by atoms with Gasteiger partial charge < -0.3 is 9.84 Å². The Kier molecular flexibility index (Phi) is 9.64. The average Bonchev–Trinajstić information content (AvgIpc) is 2.84. The monoisotopic (exact) mass is 447 g/mol. The maximum absolute atomic E-state index is 13.6. The third-order valence-corrected chi connectivity index (χ3v) is 5.69. The number of nitrogens with zero attached hydrogens (tertiary/aromatic N) is 1. The van der Waals surface area contributed by atoms with E-state index in [9.17, 15) is 9.50 Å². The van der Waals surface area contributed by atoms with Gasteiger partial charge in [-0.25, -0.2) is 4.39 Å². The summed E-state index contributed by atoms with van der Waals surface area (Å²) in [7, 11) is 0. The molecule has 4 heteroatoms. The van der Waals surface area contributed by atoms with Gasteiger partial charge in [0.2, 0.25) is 0 Å². The van der Waals surface area contributed by atoms with Crippen molar-refractivity contribution >= 4 is 6.08 Å². The van der Waals surface area contributed by atoms with E-state index in [1.807, 2.05) is 36.5 Å². The normalized spacial score (nSPS) is 12.3. The SMILES string of the molecule is CCCCCOC(C)CCCC=Cc1ccc(-c2ccc(-c3ccc(O)c(F)c3)cc2)nc1. The van der Waals surface area contributed by atoms with Gasteiger partial charge in [0.1, 0.15) is 0 Å². The van der Waals surface area contributed by atoms with Crippen LogP contribution in [0.15, 0.2) is 66.9 Å². The number of ether oxygens (including phenoxy) is 1. The van der Waals surface area contributed by atoms with Crippen molar-refractivity contribution in [3.05, 3.63) is 78.3 Å². The highest BCUT2D eigenvalue weighted by Crippen LogP contribution is 2.27. The van der Waals surface area contributed by atoms with Gasteiger partial charge in [-0.3, -0.25) is 4.98 Å². The van der Waals surface area contributed by atoms with E-state index in [1.165, 1.54) is 25.0 Å². The zero-order valence-corrected chi connectivity index (χ0v) is 19.6. The van der Waals surface area contributed by atoms with Crippen LogP contribution in [-0.2, 0) is 4.74 Å². The Balaban J connectivity index is 1.47. The molecule has 0 saturated carbocycles. The minimum atomic E-state index is -0.618. The number of halogens is 1. The average molecular weight is 448 g/mol. The van der Waals surface area contributed by atoms with Gasteiger partial charge in [-0.2, -0.15) is 0 Å². The number of benzene rings is 2. The number of hydrogen-bond donors (Lipinski definition) is 1. The van der Waals surface area contributed by atoms with Gasteiger partial charge >= 0.3 is 0 Å². The summed E-state index contributed by atoms with van der Waals surface area (Å²) in [5, 5.41) is 9.36. The van der Waals surface area contributed by atoms with E-state index < -0.39 is 5.82 Å². The van der Waals surface area contributed by atoms with Crippen LogP contribution < -0.4 is 0 Å². The molecular formula is C29H34FNO2. The number of pyridine rings is 1. The first-order chi connectivity index (χ1) is 16.1. The highest BCUT2D eigenvalue weighted by Gasteiger charge is 2.05. The number of allylic oxidation sites excluding steroid dienone is 1. The Morgan fingerprint density at radius 3 is 2.42 bits per heavy atom. The van der Waals surface area contributed by atoms with Gasteiger partial charge in [0.25, 0.3) is 0 Å². The summed E-state index contributed by atoms with van der Waals surface area (Å²) in [6.07, 6.45) is 13.4. The molecule has 1 unspecified atom stereocenters. The van der Waals surface area contributed by atoms with E-state index in [2.05, 4.69) is 37.0 Å². The first kappa shape index (κ1) is 24.7. The summed E-state index contributed by atoms with van der Waals surface area (Å²) >= 11 is 0. The summed E-state index contributed by atoms with van der Waals surface area (Å²) in [6, 6.07) is 16.3. The van der Waals surface area contributed by atoms with Crippen LogP contribution in [0.3, 0.4) is 0 Å². The molecule has 1 heterocycles. The van der Waals surface area contributed by atoms with Crippen LogP contribution in [0.4, 0.5) is 4.39 Å². The topological polar surface area (TPSA) is 42.4 Å². The third kappa shape index (κ3) is 7.83. The number of aromatic hydroxyl groups is 1. The predicted molar refractivity (Wildman–Crippen MR) is 135 cm³/mol. The quantitative estimate of drug-likeness (QED) is 0.286. The Labute approximate surface area is 197 Å². The molecule has 0 saturated heterocycles. The predicted octanol–water partition coefficient (Wildman–Crippen LogP) is 8.04. The van der Waals surface area contributed by atoms with E-state index in [0.29, 0.717) is 6.10 Å². The van der Waals surface area contributed by atoms with Gasteiger partial charge in [-0.1, -0.05) is 68.3 Å². The van der Waals surface area contributed by atoms with Crippen LogP contribution in [0.25, 0.3) is 28.5 Å². The first-order valence-electron chi connectivity index (χ1n) is 11.9. The summed E-state index contributed by atoms with van der Waals surface area (Å²) in [5.74, 6) is -0.956. The van der Waals surface area contributed by atoms with E-state index >= 15 is 0 Å². The summed E-state index contributed by atoms with van der Waals surface area (Å²) in [5.41, 5.74) is 4.59. The minimum absolute atomic E-state index is 0.329. The van der Waals surface area contributed by atoms with Crippen molar-refractivity contribution in [1.29, 1.82) is 0 Å². The lowest BCUT2D eigenvalue weighted by molar-refractivity contribution is 0.0566. The van der Waals surface area contributed by atoms with Gasteiger partial charge in [0.15, 0.2) is 11.6 Å². The molecule has 0 aliphatic carbocycles. The van der Waals surface area contributed by atoms with Crippen molar-refractivity contribution in [2.24, 2.45) is 0 Å². The Morgan fingerprint density at radius 2 is 1.73 bits per heavy atom. The van der Waals surface area contributed by atoms with Crippen molar-refractivity contribution in [1.82, 2.24) is 4.98 Å². The van der Waals surface area contributed by atoms with E-state index in [-0.39, 0.29) is 5.75 Å². The molecule has 0 aliphatic heterocycles. The molecule has 174 valence electrons. The third-order valence-electron chi connectivity index (χ3n) is 5.69. The Morgan fingerprint density at radius 1 is 0.970 bits per heavy atom. The molecule has 1 atom stereocenters. The fourth-order valence-electron chi connectivity index (χ4n) is 3.66. The summed E-state index contributed by atoms with van der Waals surface area (Å²) < 4.78 is 19.5. The van der Waals surface area contributed by atoms with Crippen molar-refractivity contribution in [3.63, 3.8) is 0 Å². The highest BCUT2D eigenvalue weighted by molar-refractivity contribution is 5.69. The fourth-order valence-corrected chi connectivity index (χ4v) is 3.66. The van der Waals surface area contributed by atoms with Crippen LogP contribution in [0.2, 0.25) is 0 Å². The van der Waals surface area contributed by atoms with E-state index in [4.69, 9.17) is 4.74 Å². The lowest BCUT2D eigenvalue weighted by Crippen LogP contribution is -2.08. The van der Waals surface area contributed by atoms with Gasteiger partial charge in [0.05, 0.1) is 11.8 Å². The van der Waals surface area contributed by atoms with E-state index in [1.54, 1.807) is 6.07 Å². The molecular weight excluding hydrogens is 413 g/mol. The van der Waals surface area contributed by atoms with Crippen LogP contribution in [-0.4, -0.2) is 22.8 Å². The minimum Gasteiger partial charge on any atom is -0.505 e. The fraction of sp³-hybridized carbons (Fsp3) is 0.345. The first-order valence-corrected chi connectivity index (χ1v) is 11.9. The Bertz CT molecular complexity index is 1010. The maximum atomic E-state index is 13.6. The zero-order chi connectivity index (χ0) is 23.5. The van der Waals surface area contributed by atoms with Gasteiger partial charge in [0, 0.05) is 18.4 Å². The number of phenolic OH excluding ortho intramolecular Hbond substituents is 1. The number of unbranched alkanes of at least 4 members (excludes halogenated alkanes) is 3. The molecule has 0 bridgehead atoms. The zero-order valence-electron chi connectivity index (χ0n) is 19.6. The van der Waals surface area contributed by atoms with Crippen LogP contribution >= 0.6 is 0 Å². The van der Waals surface area contributed by atoms with Crippen molar-refractivity contribution in [2.75, 3.05) is 6.61 Å². The molecule has 0 amide bonds. The molecule has 2 aromatic carbocycles. The molecule has 0 aliphatic rings. The van der Waals surface area contributed by atoms with Gasteiger partial charge in [-0.05, 0) is 67.5 Å². The molecule has 33 heavy (non-hydrogen) atoms. The smallest absolute Gasteiger partial charge is 0.165 e. The second-order valence-electron chi connectivity index (χ2n) is 8.44. The van der Waals surface area contributed by atoms with Crippen molar-refractivity contribution in [2.45, 2.75) is 58.5 Å². The van der Waals surface area contributed by atoms with Crippen molar-refractivity contribution < 1.29 is 14.2 Å². The standard InChI is InChI=1S/C29H34FNO2/c1-3-4-8-19-33-22(2)9-6-5-7-10-23-11-17-28(31-21-23)25-14-12-24(13-15-25)26-16-18-29(32)27(30)20-26/h7,10-18,20-22,32H,3-6,8-9,19H2,1-2H3. The molecule has 3 rings (SSSR count). The van der Waals surface area contributed by atoms with Crippen LogP contribution in [0.5, 0.6) is 5.75 Å². The maximum Gasteiger partial charge on any atom is 0.165 e. The second-order valence-corrected chi connectivity index (χ2v) is 8.44. The van der Waals surface area contributed by atoms with E-state index in [0.717, 1.165) is 60.2 Å². The number of aromatic nitrogens is 1.